The van der Waals surface area contributed by atoms with Crippen molar-refractivity contribution < 1.29 is 39.3 Å². The number of aliphatic hydroxyl groups is 1. The average Bonchev–Trinajstić information content (AvgIpc) is 2.76. The number of carbonyl (C=O) groups is 5. The van der Waals surface area contributed by atoms with Gasteiger partial charge in [-0.15, -0.1) is 0 Å². The van der Waals surface area contributed by atoms with Crippen LogP contribution in [-0.2, 0) is 24.0 Å². The van der Waals surface area contributed by atoms with Crippen LogP contribution in [0.25, 0.3) is 0 Å². The summed E-state index contributed by atoms with van der Waals surface area (Å²) in [6.07, 6.45) is 0.211. The van der Waals surface area contributed by atoms with Crippen molar-refractivity contribution in [3.63, 3.8) is 0 Å². The number of nitrogens with zero attached hydrogens (tertiary/aromatic N) is 1. The molecule has 0 bridgehead atoms. The summed E-state index contributed by atoms with van der Waals surface area (Å²) in [5.41, 5.74) is 16.3. The highest BCUT2D eigenvalue weighted by Crippen LogP contribution is 2.10. The molecule has 5 atom stereocenters. The zero-order valence-electron chi connectivity index (χ0n) is 19.2. The Morgan fingerprint density at radius 3 is 2.00 bits per heavy atom. The van der Waals surface area contributed by atoms with E-state index < -0.39 is 72.8 Å². The fourth-order valence-electron chi connectivity index (χ4n) is 2.72. The number of aliphatic imine (C=N–C) groups is 1. The number of nitrogens with two attached hydrogens (primary N) is 3. The van der Waals surface area contributed by atoms with Crippen LogP contribution in [-0.4, -0.2) is 88.3 Å². The van der Waals surface area contributed by atoms with Crippen molar-refractivity contribution in [1.82, 2.24) is 16.0 Å². The van der Waals surface area contributed by atoms with Gasteiger partial charge in [0.05, 0.1) is 19.1 Å². The lowest BCUT2D eigenvalue weighted by molar-refractivity contribution is -0.144. The molecule has 0 radical (unpaired) electrons. The molecule has 0 aliphatic rings. The monoisotopic (exact) mass is 489 g/mol. The van der Waals surface area contributed by atoms with Crippen molar-refractivity contribution in [2.75, 3.05) is 13.2 Å². The Morgan fingerprint density at radius 1 is 0.941 bits per heavy atom. The zero-order chi connectivity index (χ0) is 26.4. The maximum atomic E-state index is 12.9. The van der Waals surface area contributed by atoms with Crippen LogP contribution < -0.4 is 33.2 Å². The fraction of sp³-hybridized carbons (Fsp3) is 0.684. The number of hydrogen-bond donors (Lipinski definition) is 9. The number of aliphatic hydroxyl groups excluding tert-OH is 1. The Bertz CT molecular complexity index is 757. The van der Waals surface area contributed by atoms with Crippen LogP contribution in [0.5, 0.6) is 0 Å². The Labute approximate surface area is 196 Å². The molecule has 0 saturated heterocycles. The molecule has 0 spiro atoms. The topological polar surface area (TPSA) is 273 Å². The number of carboxylic acids is 2. The molecule has 5 unspecified atom stereocenters. The molecule has 0 aromatic carbocycles. The first-order chi connectivity index (χ1) is 15.8. The third kappa shape index (κ3) is 11.4. The quantitative estimate of drug-likeness (QED) is 0.0580. The highest BCUT2D eigenvalue weighted by molar-refractivity contribution is 5.95. The van der Waals surface area contributed by atoms with E-state index in [1.165, 1.54) is 0 Å². The normalized spacial score (nSPS) is 15.1. The predicted molar refractivity (Wildman–Crippen MR) is 120 cm³/mol. The van der Waals surface area contributed by atoms with Gasteiger partial charge in [-0.1, -0.05) is 20.3 Å². The second kappa shape index (κ2) is 15.4. The highest BCUT2D eigenvalue weighted by Gasteiger charge is 2.33. The standard InChI is InChI=1S/C19H35N7O8/c1-3-9(2)14(26-15(30)10(20)5-4-6-23-19(21)22)17(32)24-11(7-13(28)29)16(31)25-12(8-27)18(33)34/h9-12,14,27H,3-8,20H2,1-2H3,(H,24,32)(H,25,31)(H,26,30)(H,28,29)(H,33,34)(H4,21,22,23). The number of carbonyl (C=O) groups excluding carboxylic acids is 3. The van der Waals surface area contributed by atoms with Gasteiger partial charge in [-0.3, -0.25) is 24.2 Å². The van der Waals surface area contributed by atoms with E-state index >= 15 is 0 Å². The number of nitrogens with one attached hydrogen (secondary N) is 3. The van der Waals surface area contributed by atoms with Gasteiger partial charge in [-0.05, 0) is 18.8 Å². The summed E-state index contributed by atoms with van der Waals surface area (Å²) in [6, 6.07) is -5.48. The van der Waals surface area contributed by atoms with Gasteiger partial charge in [0, 0.05) is 6.54 Å². The first-order valence-electron chi connectivity index (χ1n) is 10.6. The molecule has 0 fully saturated rings. The highest BCUT2D eigenvalue weighted by atomic mass is 16.4. The van der Waals surface area contributed by atoms with Crippen LogP contribution in [0, 0.1) is 5.92 Å². The third-order valence-electron chi connectivity index (χ3n) is 4.91. The molecule has 15 nitrogen and oxygen atoms in total. The van der Waals surface area contributed by atoms with Crippen LogP contribution >= 0.6 is 0 Å². The summed E-state index contributed by atoms with van der Waals surface area (Å²) >= 11 is 0. The average molecular weight is 490 g/mol. The Morgan fingerprint density at radius 2 is 1.53 bits per heavy atom. The van der Waals surface area contributed by atoms with E-state index in [1.807, 2.05) is 5.32 Å². The van der Waals surface area contributed by atoms with Gasteiger partial charge >= 0.3 is 11.9 Å². The van der Waals surface area contributed by atoms with Gasteiger partial charge in [-0.25, -0.2) is 4.79 Å². The summed E-state index contributed by atoms with van der Waals surface area (Å²) in [6.45, 7) is 2.73. The molecular weight excluding hydrogens is 454 g/mol. The van der Waals surface area contributed by atoms with Crippen molar-refractivity contribution in [2.24, 2.45) is 28.1 Å². The maximum absolute atomic E-state index is 12.9. The van der Waals surface area contributed by atoms with Gasteiger partial charge < -0.3 is 48.5 Å². The van der Waals surface area contributed by atoms with E-state index in [0.29, 0.717) is 12.8 Å². The summed E-state index contributed by atoms with van der Waals surface area (Å²) in [7, 11) is 0. The molecule has 0 aromatic rings. The molecule has 3 amide bonds. The van der Waals surface area contributed by atoms with E-state index in [2.05, 4.69) is 15.6 Å². The van der Waals surface area contributed by atoms with Gasteiger partial charge in [0.15, 0.2) is 5.96 Å². The summed E-state index contributed by atoms with van der Waals surface area (Å²) in [5.74, 6) is -6.13. The first kappa shape index (κ1) is 30.5. The largest absolute Gasteiger partial charge is 0.481 e. The Balaban J connectivity index is 5.37. The zero-order valence-corrected chi connectivity index (χ0v) is 19.2. The molecule has 0 aliphatic heterocycles. The van der Waals surface area contributed by atoms with E-state index in [9.17, 15) is 24.0 Å². The molecule has 12 N–H and O–H groups in total. The number of rotatable bonds is 16. The van der Waals surface area contributed by atoms with Crippen molar-refractivity contribution >= 4 is 35.6 Å². The van der Waals surface area contributed by atoms with Crippen LogP contribution in [0.3, 0.4) is 0 Å². The lowest BCUT2D eigenvalue weighted by Crippen LogP contribution is -2.59. The van der Waals surface area contributed by atoms with Crippen molar-refractivity contribution in [3.8, 4) is 0 Å². The number of aliphatic carboxylic acids is 2. The van der Waals surface area contributed by atoms with Gasteiger partial charge in [-0.2, -0.15) is 0 Å². The summed E-state index contributed by atoms with van der Waals surface area (Å²) in [4.78, 5) is 63.7. The van der Waals surface area contributed by atoms with E-state index in [4.69, 9.17) is 32.5 Å². The van der Waals surface area contributed by atoms with Crippen molar-refractivity contribution in [1.29, 1.82) is 0 Å². The van der Waals surface area contributed by atoms with Crippen molar-refractivity contribution in [2.45, 2.75) is 63.7 Å². The second-order valence-electron chi connectivity index (χ2n) is 7.67. The number of hydrogen-bond acceptors (Lipinski definition) is 8. The van der Waals surface area contributed by atoms with E-state index in [1.54, 1.807) is 13.8 Å². The smallest absolute Gasteiger partial charge is 0.328 e. The van der Waals surface area contributed by atoms with Crippen LogP contribution in [0.4, 0.5) is 0 Å². The minimum absolute atomic E-state index is 0.0971. The Hall–Kier alpha value is -3.46. The first-order valence-corrected chi connectivity index (χ1v) is 10.6. The van der Waals surface area contributed by atoms with Crippen LogP contribution in [0.2, 0.25) is 0 Å². The second-order valence-corrected chi connectivity index (χ2v) is 7.67. The summed E-state index contributed by atoms with van der Waals surface area (Å²) in [5, 5.41) is 33.8. The molecule has 34 heavy (non-hydrogen) atoms. The number of guanidine groups is 1. The fourth-order valence-corrected chi connectivity index (χ4v) is 2.72. The third-order valence-corrected chi connectivity index (χ3v) is 4.91. The molecule has 0 rings (SSSR count). The van der Waals surface area contributed by atoms with Gasteiger partial charge in [0.2, 0.25) is 17.7 Å². The molecule has 15 heteroatoms. The molecule has 0 saturated carbocycles. The van der Waals surface area contributed by atoms with Gasteiger partial charge in [0.1, 0.15) is 18.1 Å². The SMILES string of the molecule is CCC(C)C(NC(=O)C(N)CCCN=C(N)N)C(=O)NC(CC(=O)O)C(=O)NC(CO)C(=O)O. The Kier molecular flexibility index (Phi) is 13.8. The minimum Gasteiger partial charge on any atom is -0.481 e. The summed E-state index contributed by atoms with van der Waals surface area (Å²) < 4.78 is 0. The maximum Gasteiger partial charge on any atom is 0.328 e. The van der Waals surface area contributed by atoms with Gasteiger partial charge in [0.25, 0.3) is 0 Å². The lowest BCUT2D eigenvalue weighted by Gasteiger charge is -2.27. The van der Waals surface area contributed by atoms with Crippen LogP contribution in [0.15, 0.2) is 4.99 Å². The molecular formula is C19H35N7O8. The van der Waals surface area contributed by atoms with E-state index in [0.717, 1.165) is 0 Å². The minimum atomic E-state index is -1.69. The van der Waals surface area contributed by atoms with Crippen LogP contribution in [0.1, 0.15) is 39.5 Å². The van der Waals surface area contributed by atoms with Crippen molar-refractivity contribution in [3.05, 3.63) is 0 Å². The molecule has 0 aliphatic carbocycles. The lowest BCUT2D eigenvalue weighted by atomic mass is 9.97. The molecule has 0 heterocycles. The number of carboxylic acid groups (broad SMARTS) is 2. The molecule has 194 valence electrons. The number of amides is 3. The van der Waals surface area contributed by atoms with E-state index in [-0.39, 0.29) is 18.9 Å². The predicted octanol–water partition coefficient (Wildman–Crippen LogP) is -3.58. The molecule has 0 aromatic heterocycles.